The Morgan fingerprint density at radius 2 is 2.00 bits per heavy atom. The van der Waals surface area contributed by atoms with Crippen LogP contribution >= 0.6 is 0 Å². The summed E-state index contributed by atoms with van der Waals surface area (Å²) in [7, 11) is 1.68. The fraction of sp³-hybridized carbons (Fsp3) is 0.176. The van der Waals surface area contributed by atoms with E-state index in [0.29, 0.717) is 16.6 Å². The fourth-order valence-electron chi connectivity index (χ4n) is 2.54. The molecule has 0 saturated heterocycles. The van der Waals surface area contributed by atoms with Gasteiger partial charge in [0.05, 0.1) is 23.3 Å². The van der Waals surface area contributed by atoms with Crippen LogP contribution in [-0.4, -0.2) is 28.1 Å². The fourth-order valence-corrected chi connectivity index (χ4v) is 2.54. The number of fused-ring (bicyclic) bond motifs is 1. The second kappa shape index (κ2) is 5.60. The van der Waals surface area contributed by atoms with Crippen molar-refractivity contribution in [3.8, 4) is 0 Å². The number of aromatic nitrogens is 2. The van der Waals surface area contributed by atoms with Crippen LogP contribution in [0.25, 0.3) is 10.9 Å². The molecule has 0 aliphatic heterocycles. The predicted molar refractivity (Wildman–Crippen MR) is 83.0 cm³/mol. The second-order valence-corrected chi connectivity index (χ2v) is 5.25. The lowest BCUT2D eigenvalue weighted by Gasteiger charge is -2.26. The number of carbonyl (C=O) groups excluding carboxylic acids is 1. The molecule has 2 aromatic carbocycles. The maximum absolute atomic E-state index is 13.9. The van der Waals surface area contributed by atoms with Crippen molar-refractivity contribution in [1.29, 1.82) is 0 Å². The quantitative estimate of drug-likeness (QED) is 0.804. The zero-order valence-electron chi connectivity index (χ0n) is 12.4. The van der Waals surface area contributed by atoms with E-state index in [2.05, 4.69) is 10.2 Å². The third-order valence-corrected chi connectivity index (χ3v) is 3.96. The molecule has 0 aliphatic carbocycles. The van der Waals surface area contributed by atoms with E-state index in [-0.39, 0.29) is 17.8 Å². The molecule has 4 nitrogen and oxygen atoms in total. The van der Waals surface area contributed by atoms with Gasteiger partial charge in [-0.2, -0.15) is 5.10 Å². The van der Waals surface area contributed by atoms with Gasteiger partial charge in [0.15, 0.2) is 0 Å². The molecule has 0 unspecified atom stereocenters. The van der Waals surface area contributed by atoms with Gasteiger partial charge in [0.2, 0.25) is 0 Å². The van der Waals surface area contributed by atoms with Gasteiger partial charge in [0, 0.05) is 18.0 Å². The lowest BCUT2D eigenvalue weighted by Crippen LogP contribution is -2.30. The minimum atomic E-state index is -0.369. The van der Waals surface area contributed by atoms with E-state index in [1.54, 1.807) is 37.5 Å². The Bertz CT molecular complexity index is 827. The minimum Gasteiger partial charge on any atom is -0.335 e. The van der Waals surface area contributed by atoms with Gasteiger partial charge in [0.25, 0.3) is 5.91 Å². The van der Waals surface area contributed by atoms with Crippen LogP contribution in [-0.2, 0) is 0 Å². The van der Waals surface area contributed by atoms with Crippen molar-refractivity contribution >= 4 is 16.8 Å². The van der Waals surface area contributed by atoms with Crippen LogP contribution in [0.3, 0.4) is 0 Å². The van der Waals surface area contributed by atoms with Gasteiger partial charge in [-0.25, -0.2) is 4.39 Å². The normalized spacial score (nSPS) is 12.3. The molecule has 0 aliphatic rings. The zero-order chi connectivity index (χ0) is 15.7. The van der Waals surface area contributed by atoms with Gasteiger partial charge >= 0.3 is 0 Å². The lowest BCUT2D eigenvalue weighted by molar-refractivity contribution is 0.0742. The summed E-state index contributed by atoms with van der Waals surface area (Å²) in [6.45, 7) is 1.81. The van der Waals surface area contributed by atoms with Crippen LogP contribution in [0.2, 0.25) is 0 Å². The number of hydrogen-bond acceptors (Lipinski definition) is 2. The van der Waals surface area contributed by atoms with E-state index in [1.165, 1.54) is 11.0 Å². The molecule has 112 valence electrons. The Morgan fingerprint density at radius 3 is 2.77 bits per heavy atom. The smallest absolute Gasteiger partial charge is 0.256 e. The van der Waals surface area contributed by atoms with Crippen molar-refractivity contribution in [2.24, 2.45) is 0 Å². The second-order valence-electron chi connectivity index (χ2n) is 5.25. The van der Waals surface area contributed by atoms with Gasteiger partial charge in [-0.15, -0.1) is 0 Å². The summed E-state index contributed by atoms with van der Waals surface area (Å²) < 4.78 is 13.9. The van der Waals surface area contributed by atoms with Crippen molar-refractivity contribution in [2.45, 2.75) is 13.0 Å². The maximum Gasteiger partial charge on any atom is 0.256 e. The van der Waals surface area contributed by atoms with E-state index in [0.717, 1.165) is 5.39 Å². The highest BCUT2D eigenvalue weighted by atomic mass is 19.1. The van der Waals surface area contributed by atoms with Crippen LogP contribution in [0.4, 0.5) is 4.39 Å². The molecule has 5 heteroatoms. The van der Waals surface area contributed by atoms with Crippen molar-refractivity contribution < 1.29 is 9.18 Å². The molecule has 1 aromatic heterocycles. The highest BCUT2D eigenvalue weighted by Gasteiger charge is 2.22. The third-order valence-electron chi connectivity index (χ3n) is 3.96. The Balaban J connectivity index is 1.95. The lowest BCUT2D eigenvalue weighted by atomic mass is 10.0. The van der Waals surface area contributed by atoms with Crippen molar-refractivity contribution in [3.05, 3.63) is 65.6 Å². The largest absolute Gasteiger partial charge is 0.335 e. The number of H-pyrrole nitrogens is 1. The number of nitrogens with one attached hydrogen (secondary N) is 1. The molecule has 0 radical (unpaired) electrons. The molecular weight excluding hydrogens is 281 g/mol. The Hall–Kier alpha value is -2.69. The van der Waals surface area contributed by atoms with Crippen LogP contribution in [0, 0.1) is 5.82 Å². The number of hydrogen-bond donors (Lipinski definition) is 1. The highest BCUT2D eigenvalue weighted by Crippen LogP contribution is 2.25. The SMILES string of the molecule is C[C@@H](c1ccccc1F)N(C)C(=O)c1cccc2cn[nH]c12. The topological polar surface area (TPSA) is 49.0 Å². The summed E-state index contributed by atoms with van der Waals surface area (Å²) in [5, 5.41) is 7.68. The monoisotopic (exact) mass is 297 g/mol. The summed E-state index contributed by atoms with van der Waals surface area (Å²) in [6.07, 6.45) is 1.67. The van der Waals surface area contributed by atoms with E-state index >= 15 is 0 Å². The molecule has 1 heterocycles. The summed E-state index contributed by atoms with van der Waals surface area (Å²) in [5.74, 6) is -0.486. The molecule has 1 N–H and O–H groups in total. The molecule has 0 saturated carbocycles. The molecule has 3 aromatic rings. The van der Waals surface area contributed by atoms with E-state index in [9.17, 15) is 9.18 Å². The minimum absolute atomic E-state index is 0.175. The predicted octanol–water partition coefficient (Wildman–Crippen LogP) is 3.54. The average Bonchev–Trinajstić information content (AvgIpc) is 3.02. The number of aromatic amines is 1. The number of amides is 1. The zero-order valence-corrected chi connectivity index (χ0v) is 12.4. The summed E-state index contributed by atoms with van der Waals surface area (Å²) in [4.78, 5) is 14.3. The van der Waals surface area contributed by atoms with Crippen LogP contribution in [0.5, 0.6) is 0 Å². The van der Waals surface area contributed by atoms with Crippen molar-refractivity contribution in [3.63, 3.8) is 0 Å². The first-order chi connectivity index (χ1) is 10.6. The summed E-state index contributed by atoms with van der Waals surface area (Å²) >= 11 is 0. The number of carbonyl (C=O) groups is 1. The molecule has 1 atom stereocenters. The molecule has 3 rings (SSSR count). The molecule has 0 fully saturated rings. The number of halogens is 1. The highest BCUT2D eigenvalue weighted by molar-refractivity contribution is 6.05. The van der Waals surface area contributed by atoms with Gasteiger partial charge in [-0.3, -0.25) is 9.89 Å². The standard InChI is InChI=1S/C17H16FN3O/c1-11(13-7-3-4-9-15(13)18)21(2)17(22)14-8-5-6-12-10-19-20-16(12)14/h3-11H,1-2H3,(H,19,20)/t11-/m0/s1. The van der Waals surface area contributed by atoms with Gasteiger partial charge in [-0.1, -0.05) is 30.3 Å². The average molecular weight is 297 g/mol. The van der Waals surface area contributed by atoms with Crippen LogP contribution in [0.15, 0.2) is 48.7 Å². The van der Waals surface area contributed by atoms with Crippen LogP contribution in [0.1, 0.15) is 28.9 Å². The first-order valence-electron chi connectivity index (χ1n) is 7.03. The van der Waals surface area contributed by atoms with E-state index in [1.807, 2.05) is 19.1 Å². The summed E-state index contributed by atoms with van der Waals surface area (Å²) in [6, 6.07) is 11.6. The molecule has 22 heavy (non-hydrogen) atoms. The van der Waals surface area contributed by atoms with Crippen LogP contribution < -0.4 is 0 Å². The maximum atomic E-state index is 13.9. The van der Waals surface area contributed by atoms with Gasteiger partial charge < -0.3 is 4.90 Å². The van der Waals surface area contributed by atoms with Crippen molar-refractivity contribution in [1.82, 2.24) is 15.1 Å². The molecule has 1 amide bonds. The summed E-state index contributed by atoms with van der Waals surface area (Å²) in [5.41, 5.74) is 1.72. The van der Waals surface area contributed by atoms with Gasteiger partial charge in [-0.05, 0) is 19.1 Å². The number of benzene rings is 2. The molecular formula is C17H16FN3O. The third kappa shape index (κ3) is 2.35. The Morgan fingerprint density at radius 1 is 1.23 bits per heavy atom. The van der Waals surface area contributed by atoms with E-state index in [4.69, 9.17) is 0 Å². The number of nitrogens with zero attached hydrogens (tertiary/aromatic N) is 2. The molecule has 0 spiro atoms. The first-order valence-corrected chi connectivity index (χ1v) is 7.03. The number of para-hydroxylation sites is 1. The van der Waals surface area contributed by atoms with Gasteiger partial charge in [0.1, 0.15) is 5.82 Å². The van der Waals surface area contributed by atoms with E-state index < -0.39 is 0 Å². The number of rotatable bonds is 3. The Labute approximate surface area is 127 Å². The first kappa shape index (κ1) is 14.3. The Kier molecular flexibility index (Phi) is 3.63. The molecule has 0 bridgehead atoms. The van der Waals surface area contributed by atoms with Crippen molar-refractivity contribution in [2.75, 3.05) is 7.05 Å².